The van der Waals surface area contributed by atoms with Crippen LogP contribution in [0.15, 0.2) is 11.8 Å². The van der Waals surface area contributed by atoms with Gasteiger partial charge in [0.1, 0.15) is 0 Å². The summed E-state index contributed by atoms with van der Waals surface area (Å²) in [5.74, 6) is -0.362. The van der Waals surface area contributed by atoms with Gasteiger partial charge < -0.3 is 15.4 Å². The molecule has 0 spiro atoms. The summed E-state index contributed by atoms with van der Waals surface area (Å²) in [6, 6.07) is 0. The summed E-state index contributed by atoms with van der Waals surface area (Å²) in [4.78, 5) is 12.9. The molecule has 0 fully saturated rings. The lowest BCUT2D eigenvalue weighted by Crippen LogP contribution is -2.16. The second kappa shape index (κ2) is 6.48. The third-order valence-electron chi connectivity index (χ3n) is 1.44. The molecule has 13 heavy (non-hydrogen) atoms. The SMILES string of the molecule is CCOC(=O)C=C(N)CCN(C)C. The quantitative estimate of drug-likeness (QED) is 0.497. The molecule has 0 amide bonds. The van der Waals surface area contributed by atoms with Crippen molar-refractivity contribution in [3.05, 3.63) is 11.8 Å². The second-order valence-electron chi connectivity index (χ2n) is 3.02. The molecule has 0 aliphatic rings. The summed E-state index contributed by atoms with van der Waals surface area (Å²) in [5.41, 5.74) is 6.15. The van der Waals surface area contributed by atoms with Gasteiger partial charge in [0.05, 0.1) is 6.61 Å². The number of nitrogens with two attached hydrogens (primary N) is 1. The van der Waals surface area contributed by atoms with E-state index in [0.717, 1.165) is 6.54 Å². The van der Waals surface area contributed by atoms with Gasteiger partial charge in [-0.1, -0.05) is 0 Å². The van der Waals surface area contributed by atoms with Gasteiger partial charge in [-0.3, -0.25) is 0 Å². The van der Waals surface area contributed by atoms with Gasteiger partial charge in [-0.25, -0.2) is 4.79 Å². The molecule has 76 valence electrons. The van der Waals surface area contributed by atoms with Crippen LogP contribution in [0.2, 0.25) is 0 Å². The third kappa shape index (κ3) is 7.33. The largest absolute Gasteiger partial charge is 0.463 e. The van der Waals surface area contributed by atoms with E-state index in [0.29, 0.717) is 18.7 Å². The number of hydrogen-bond donors (Lipinski definition) is 1. The first-order valence-electron chi connectivity index (χ1n) is 4.33. The molecule has 4 nitrogen and oxygen atoms in total. The predicted molar refractivity (Wildman–Crippen MR) is 52.1 cm³/mol. The number of esters is 1. The first kappa shape index (κ1) is 12.0. The van der Waals surface area contributed by atoms with Crippen LogP contribution >= 0.6 is 0 Å². The molecule has 2 N–H and O–H groups in total. The Balaban J connectivity index is 3.80. The molecule has 0 unspecified atom stereocenters. The Kier molecular flexibility index (Phi) is 5.97. The lowest BCUT2D eigenvalue weighted by Gasteiger charge is -2.08. The highest BCUT2D eigenvalue weighted by atomic mass is 16.5. The van der Waals surface area contributed by atoms with Crippen molar-refractivity contribution in [1.82, 2.24) is 4.90 Å². The van der Waals surface area contributed by atoms with Crippen LogP contribution < -0.4 is 5.73 Å². The summed E-state index contributed by atoms with van der Waals surface area (Å²) >= 11 is 0. The average Bonchev–Trinajstić information content (AvgIpc) is 2.01. The molecular formula is C9H18N2O2. The van der Waals surface area contributed by atoms with Crippen LogP contribution in [-0.4, -0.2) is 38.1 Å². The maximum absolute atomic E-state index is 10.9. The number of carbonyl (C=O) groups excluding carboxylic acids is 1. The smallest absolute Gasteiger partial charge is 0.332 e. The number of ether oxygens (including phenoxy) is 1. The van der Waals surface area contributed by atoms with Crippen molar-refractivity contribution in [3.63, 3.8) is 0 Å². The summed E-state index contributed by atoms with van der Waals surface area (Å²) in [6.07, 6.45) is 2.03. The molecule has 0 saturated carbocycles. The standard InChI is InChI=1S/C9H18N2O2/c1-4-13-9(12)7-8(10)5-6-11(2)3/h7H,4-6,10H2,1-3H3. The van der Waals surface area contributed by atoms with Crippen LogP contribution in [0.4, 0.5) is 0 Å². The molecule has 0 aliphatic carbocycles. The van der Waals surface area contributed by atoms with Gasteiger partial charge in [-0.05, 0) is 27.4 Å². The van der Waals surface area contributed by atoms with E-state index in [1.54, 1.807) is 6.92 Å². The minimum Gasteiger partial charge on any atom is -0.463 e. The molecule has 0 atom stereocenters. The zero-order valence-electron chi connectivity index (χ0n) is 8.54. The Morgan fingerprint density at radius 2 is 2.15 bits per heavy atom. The summed E-state index contributed by atoms with van der Waals surface area (Å²) < 4.78 is 4.71. The van der Waals surface area contributed by atoms with Gasteiger partial charge in [0.15, 0.2) is 0 Å². The fourth-order valence-corrected chi connectivity index (χ4v) is 0.760. The highest BCUT2D eigenvalue weighted by Gasteiger charge is 1.99. The monoisotopic (exact) mass is 186 g/mol. The van der Waals surface area contributed by atoms with E-state index in [-0.39, 0.29) is 5.97 Å². The Labute approximate surface area is 79.3 Å². The number of carbonyl (C=O) groups is 1. The van der Waals surface area contributed by atoms with Gasteiger partial charge in [-0.2, -0.15) is 0 Å². The normalized spacial score (nSPS) is 11.8. The fourth-order valence-electron chi connectivity index (χ4n) is 0.760. The van der Waals surface area contributed by atoms with Crippen LogP contribution in [0.5, 0.6) is 0 Å². The van der Waals surface area contributed by atoms with E-state index in [9.17, 15) is 4.79 Å². The van der Waals surface area contributed by atoms with E-state index >= 15 is 0 Å². The zero-order chi connectivity index (χ0) is 10.3. The minimum atomic E-state index is -0.362. The van der Waals surface area contributed by atoms with Gasteiger partial charge in [0.2, 0.25) is 0 Å². The van der Waals surface area contributed by atoms with Gasteiger partial charge in [0, 0.05) is 18.3 Å². The first-order valence-corrected chi connectivity index (χ1v) is 4.33. The third-order valence-corrected chi connectivity index (χ3v) is 1.44. The molecule has 0 bridgehead atoms. The second-order valence-corrected chi connectivity index (χ2v) is 3.02. The molecular weight excluding hydrogens is 168 g/mol. The van der Waals surface area contributed by atoms with Crippen molar-refractivity contribution in [2.24, 2.45) is 5.73 Å². The van der Waals surface area contributed by atoms with Gasteiger partial charge in [0.25, 0.3) is 0 Å². The highest BCUT2D eigenvalue weighted by molar-refractivity contribution is 5.82. The average molecular weight is 186 g/mol. The molecule has 0 aromatic carbocycles. The van der Waals surface area contributed by atoms with Gasteiger partial charge >= 0.3 is 5.97 Å². The topological polar surface area (TPSA) is 55.6 Å². The van der Waals surface area contributed by atoms with Crippen molar-refractivity contribution in [2.75, 3.05) is 27.2 Å². The number of hydrogen-bond acceptors (Lipinski definition) is 4. The van der Waals surface area contributed by atoms with Crippen LogP contribution in [-0.2, 0) is 9.53 Å². The Morgan fingerprint density at radius 1 is 1.54 bits per heavy atom. The van der Waals surface area contributed by atoms with Crippen LogP contribution in [0, 0.1) is 0 Å². The Bertz CT molecular complexity index is 188. The molecule has 0 heterocycles. The number of nitrogens with zero attached hydrogens (tertiary/aromatic N) is 1. The van der Waals surface area contributed by atoms with Crippen molar-refractivity contribution in [1.29, 1.82) is 0 Å². The van der Waals surface area contributed by atoms with E-state index in [1.165, 1.54) is 6.08 Å². The molecule has 0 saturated heterocycles. The molecule has 4 heteroatoms. The first-order chi connectivity index (χ1) is 6.06. The molecule has 0 aromatic rings. The lowest BCUT2D eigenvalue weighted by atomic mass is 10.3. The van der Waals surface area contributed by atoms with Crippen LogP contribution in [0.3, 0.4) is 0 Å². The Morgan fingerprint density at radius 3 is 2.62 bits per heavy atom. The highest BCUT2D eigenvalue weighted by Crippen LogP contribution is 1.94. The predicted octanol–water partition coefficient (Wildman–Crippen LogP) is 0.344. The summed E-state index contributed by atoms with van der Waals surface area (Å²) in [5, 5.41) is 0. The van der Waals surface area contributed by atoms with E-state index in [1.807, 2.05) is 19.0 Å². The summed E-state index contributed by atoms with van der Waals surface area (Å²) in [7, 11) is 3.91. The molecule has 0 aliphatic heterocycles. The minimum absolute atomic E-state index is 0.362. The summed E-state index contributed by atoms with van der Waals surface area (Å²) in [6.45, 7) is 2.99. The molecule has 0 aromatic heterocycles. The van der Waals surface area contributed by atoms with E-state index in [4.69, 9.17) is 10.5 Å². The molecule has 0 radical (unpaired) electrons. The van der Waals surface area contributed by atoms with Crippen molar-refractivity contribution >= 4 is 5.97 Å². The van der Waals surface area contributed by atoms with Crippen LogP contribution in [0.1, 0.15) is 13.3 Å². The number of rotatable bonds is 5. The van der Waals surface area contributed by atoms with Crippen molar-refractivity contribution in [2.45, 2.75) is 13.3 Å². The lowest BCUT2D eigenvalue weighted by molar-refractivity contribution is -0.137. The van der Waals surface area contributed by atoms with Crippen molar-refractivity contribution < 1.29 is 9.53 Å². The molecule has 0 rings (SSSR count). The maximum Gasteiger partial charge on any atom is 0.332 e. The fraction of sp³-hybridized carbons (Fsp3) is 0.667. The zero-order valence-corrected chi connectivity index (χ0v) is 8.54. The van der Waals surface area contributed by atoms with Crippen LogP contribution in [0.25, 0.3) is 0 Å². The van der Waals surface area contributed by atoms with E-state index < -0.39 is 0 Å². The van der Waals surface area contributed by atoms with Crippen molar-refractivity contribution in [3.8, 4) is 0 Å². The van der Waals surface area contributed by atoms with Gasteiger partial charge in [-0.15, -0.1) is 0 Å². The van der Waals surface area contributed by atoms with E-state index in [2.05, 4.69) is 0 Å². The Hall–Kier alpha value is -1.03. The maximum atomic E-state index is 10.9.